The van der Waals surface area contributed by atoms with Crippen molar-refractivity contribution in [3.63, 3.8) is 0 Å². The molecule has 0 aliphatic carbocycles. The first-order chi connectivity index (χ1) is 16.8. The SMILES string of the molecule is CCn1c(C)cc(-c2nnn[nH]2)c1-c1ccc(Cn2c(S(=O)(=O)CC)nc3c(C)ccnc32)cc1. The number of sulfone groups is 1. The molecule has 10 nitrogen and oxygen atoms in total. The van der Waals surface area contributed by atoms with E-state index in [4.69, 9.17) is 0 Å². The Hall–Kier alpha value is -3.86. The van der Waals surface area contributed by atoms with Gasteiger partial charge in [0.1, 0.15) is 5.52 Å². The number of imidazole rings is 1. The summed E-state index contributed by atoms with van der Waals surface area (Å²) in [6.45, 7) is 8.83. The standard InChI is InChI=1S/C24H26N8O2S/c1-5-31-16(4)13-19(22-27-29-30-28-22)21(31)18-9-7-17(8-10-18)14-32-23-20(15(3)11-12-25-23)26-24(32)35(33,34)6-2/h7-13H,5-6,14H2,1-4H3,(H,27,28,29,30). The monoisotopic (exact) mass is 490 g/mol. The minimum Gasteiger partial charge on any atom is -0.345 e. The Morgan fingerprint density at radius 3 is 2.46 bits per heavy atom. The van der Waals surface area contributed by atoms with Crippen LogP contribution in [0.3, 0.4) is 0 Å². The summed E-state index contributed by atoms with van der Waals surface area (Å²) in [6.07, 6.45) is 1.68. The Morgan fingerprint density at radius 2 is 1.80 bits per heavy atom. The van der Waals surface area contributed by atoms with Crippen LogP contribution in [-0.4, -0.2) is 53.9 Å². The molecule has 180 valence electrons. The Balaban J connectivity index is 1.57. The minimum atomic E-state index is -3.53. The maximum atomic E-state index is 12.8. The van der Waals surface area contributed by atoms with Gasteiger partial charge in [0.15, 0.2) is 11.5 Å². The minimum absolute atomic E-state index is 0.0268. The first kappa shape index (κ1) is 22.9. The molecule has 0 saturated carbocycles. The van der Waals surface area contributed by atoms with Crippen molar-refractivity contribution in [2.45, 2.75) is 45.9 Å². The van der Waals surface area contributed by atoms with Gasteiger partial charge in [-0.15, -0.1) is 5.10 Å². The molecular formula is C24H26N8O2S. The fourth-order valence-electron chi connectivity index (χ4n) is 4.43. The number of aryl methyl sites for hydroxylation is 2. The predicted octanol–water partition coefficient (Wildman–Crippen LogP) is 3.56. The number of nitrogens with one attached hydrogen (secondary N) is 1. The van der Waals surface area contributed by atoms with Crippen LogP contribution in [0.2, 0.25) is 0 Å². The molecule has 0 aliphatic heterocycles. The van der Waals surface area contributed by atoms with E-state index in [9.17, 15) is 8.42 Å². The zero-order chi connectivity index (χ0) is 24.7. The molecule has 1 N–H and O–H groups in total. The molecule has 11 heteroatoms. The summed E-state index contributed by atoms with van der Waals surface area (Å²) in [4.78, 5) is 8.92. The fraction of sp³-hybridized carbons (Fsp3) is 0.292. The number of rotatable bonds is 7. The van der Waals surface area contributed by atoms with E-state index in [0.717, 1.165) is 40.2 Å². The molecule has 0 aliphatic rings. The molecule has 5 aromatic rings. The highest BCUT2D eigenvalue weighted by Crippen LogP contribution is 2.33. The third-order valence-corrected chi connectivity index (χ3v) is 7.88. The van der Waals surface area contributed by atoms with Gasteiger partial charge in [0.05, 0.1) is 18.0 Å². The van der Waals surface area contributed by atoms with E-state index >= 15 is 0 Å². The Bertz CT molecular complexity index is 1610. The molecule has 0 spiro atoms. The molecule has 0 unspecified atom stereocenters. The van der Waals surface area contributed by atoms with Crippen LogP contribution in [-0.2, 0) is 22.9 Å². The molecule has 1 aromatic carbocycles. The molecule has 4 heterocycles. The predicted molar refractivity (Wildman–Crippen MR) is 133 cm³/mol. The average molecular weight is 491 g/mol. The first-order valence-corrected chi connectivity index (χ1v) is 13.1. The molecule has 0 saturated heterocycles. The van der Waals surface area contributed by atoms with Gasteiger partial charge in [0.25, 0.3) is 0 Å². The van der Waals surface area contributed by atoms with E-state index in [1.54, 1.807) is 17.7 Å². The normalized spacial score (nSPS) is 12.0. The van der Waals surface area contributed by atoms with Crippen molar-refractivity contribution in [1.82, 2.24) is 39.7 Å². The van der Waals surface area contributed by atoms with Crippen LogP contribution in [0.5, 0.6) is 0 Å². The van der Waals surface area contributed by atoms with E-state index in [0.29, 0.717) is 23.5 Å². The van der Waals surface area contributed by atoms with Crippen molar-refractivity contribution in [2.75, 3.05) is 5.75 Å². The molecule has 5 rings (SSSR count). The van der Waals surface area contributed by atoms with E-state index in [1.807, 2.05) is 37.3 Å². The van der Waals surface area contributed by atoms with Crippen molar-refractivity contribution in [2.24, 2.45) is 0 Å². The van der Waals surface area contributed by atoms with Gasteiger partial charge >= 0.3 is 0 Å². The average Bonchev–Trinajstić information content (AvgIpc) is 3.58. The zero-order valence-electron chi connectivity index (χ0n) is 20.0. The van der Waals surface area contributed by atoms with Crippen molar-refractivity contribution >= 4 is 21.0 Å². The zero-order valence-corrected chi connectivity index (χ0v) is 20.8. The molecule has 0 amide bonds. The number of hydrogen-bond donors (Lipinski definition) is 1. The smallest absolute Gasteiger partial charge is 0.230 e. The number of pyridine rings is 1. The van der Waals surface area contributed by atoms with Crippen molar-refractivity contribution in [1.29, 1.82) is 0 Å². The van der Waals surface area contributed by atoms with E-state index in [-0.39, 0.29) is 10.9 Å². The van der Waals surface area contributed by atoms with Crippen molar-refractivity contribution < 1.29 is 8.42 Å². The largest absolute Gasteiger partial charge is 0.345 e. The number of aromatic amines is 1. The number of aromatic nitrogens is 8. The second-order valence-electron chi connectivity index (χ2n) is 8.42. The van der Waals surface area contributed by atoms with Gasteiger partial charge in [-0.05, 0) is 60.0 Å². The Morgan fingerprint density at radius 1 is 1.03 bits per heavy atom. The Kier molecular flexibility index (Phi) is 5.72. The molecule has 4 aromatic heterocycles. The van der Waals surface area contributed by atoms with Crippen molar-refractivity contribution in [3.8, 4) is 22.6 Å². The molecular weight excluding hydrogens is 464 g/mol. The van der Waals surface area contributed by atoms with E-state index < -0.39 is 9.84 Å². The number of tetrazole rings is 1. The third-order valence-electron chi connectivity index (χ3n) is 6.25. The van der Waals surface area contributed by atoms with Crippen LogP contribution in [0.15, 0.2) is 47.8 Å². The third kappa shape index (κ3) is 3.91. The molecule has 0 radical (unpaired) electrons. The maximum absolute atomic E-state index is 12.8. The van der Waals surface area contributed by atoms with E-state index in [2.05, 4.69) is 55.1 Å². The van der Waals surface area contributed by atoms with Gasteiger partial charge in [-0.25, -0.2) is 23.5 Å². The maximum Gasteiger partial charge on any atom is 0.230 e. The highest BCUT2D eigenvalue weighted by atomic mass is 32.2. The van der Waals surface area contributed by atoms with Gasteiger partial charge < -0.3 is 4.57 Å². The number of benzene rings is 1. The summed E-state index contributed by atoms with van der Waals surface area (Å²) < 4.78 is 29.6. The second kappa shape index (κ2) is 8.73. The highest BCUT2D eigenvalue weighted by molar-refractivity contribution is 7.91. The van der Waals surface area contributed by atoms with Gasteiger partial charge in [-0.1, -0.05) is 31.2 Å². The van der Waals surface area contributed by atoms with Crippen LogP contribution in [0.1, 0.15) is 30.7 Å². The fourth-order valence-corrected chi connectivity index (χ4v) is 5.40. The second-order valence-corrected chi connectivity index (χ2v) is 10.6. The van der Waals surface area contributed by atoms with Gasteiger partial charge in [0.2, 0.25) is 15.0 Å². The molecule has 0 atom stereocenters. The molecule has 0 bridgehead atoms. The van der Waals surface area contributed by atoms with E-state index in [1.165, 1.54) is 0 Å². The molecule has 35 heavy (non-hydrogen) atoms. The van der Waals surface area contributed by atoms with Crippen LogP contribution in [0.25, 0.3) is 33.8 Å². The topological polar surface area (TPSA) is 124 Å². The van der Waals surface area contributed by atoms with Crippen LogP contribution >= 0.6 is 0 Å². The summed E-state index contributed by atoms with van der Waals surface area (Å²) in [5.41, 5.74) is 7.09. The summed E-state index contributed by atoms with van der Waals surface area (Å²) in [7, 11) is -3.53. The summed E-state index contributed by atoms with van der Waals surface area (Å²) in [6, 6.07) is 12.0. The first-order valence-electron chi connectivity index (χ1n) is 11.4. The summed E-state index contributed by atoms with van der Waals surface area (Å²) in [5.74, 6) is 0.584. The Labute approximate surface area is 203 Å². The van der Waals surface area contributed by atoms with Crippen LogP contribution in [0.4, 0.5) is 0 Å². The highest BCUT2D eigenvalue weighted by Gasteiger charge is 2.24. The van der Waals surface area contributed by atoms with Gasteiger partial charge in [-0.2, -0.15) is 0 Å². The number of nitrogens with zero attached hydrogens (tertiary/aromatic N) is 7. The molecule has 0 fully saturated rings. The lowest BCUT2D eigenvalue weighted by Gasteiger charge is -2.12. The quantitative estimate of drug-likeness (QED) is 0.370. The van der Waals surface area contributed by atoms with Crippen molar-refractivity contribution in [3.05, 3.63) is 59.4 Å². The van der Waals surface area contributed by atoms with Gasteiger partial charge in [0, 0.05) is 24.0 Å². The van der Waals surface area contributed by atoms with Gasteiger partial charge in [-0.3, -0.25) is 4.57 Å². The summed E-state index contributed by atoms with van der Waals surface area (Å²) in [5, 5.41) is 14.5. The van der Waals surface area contributed by atoms with Crippen LogP contribution < -0.4 is 0 Å². The lowest BCUT2D eigenvalue weighted by molar-refractivity contribution is 0.576. The number of hydrogen-bond acceptors (Lipinski definition) is 7. The lowest BCUT2D eigenvalue weighted by atomic mass is 10.0. The summed E-state index contributed by atoms with van der Waals surface area (Å²) >= 11 is 0. The van der Waals surface area contributed by atoms with Crippen LogP contribution in [0, 0.1) is 13.8 Å². The number of fused-ring (bicyclic) bond motifs is 1. The lowest BCUT2D eigenvalue weighted by Crippen LogP contribution is -2.13. The number of H-pyrrole nitrogens is 1.